The third-order valence-electron chi connectivity index (χ3n) is 4.52. The molecule has 140 valence electrons. The van der Waals surface area contributed by atoms with Gasteiger partial charge in [-0.25, -0.2) is 9.97 Å². The van der Waals surface area contributed by atoms with Crippen LogP contribution in [-0.2, 0) is 11.2 Å². The second-order valence-corrected chi connectivity index (χ2v) is 6.41. The quantitative estimate of drug-likeness (QED) is 0.813. The van der Waals surface area contributed by atoms with Crippen molar-refractivity contribution in [2.24, 2.45) is 4.99 Å². The summed E-state index contributed by atoms with van der Waals surface area (Å²) < 4.78 is 5.40. The molecule has 0 bridgehead atoms. The Hall–Kier alpha value is -3.16. The lowest BCUT2D eigenvalue weighted by atomic mass is 9.95. The van der Waals surface area contributed by atoms with Gasteiger partial charge in [-0.2, -0.15) is 0 Å². The van der Waals surface area contributed by atoms with Gasteiger partial charge in [-0.3, -0.25) is 14.6 Å². The first-order valence-corrected chi connectivity index (χ1v) is 8.47. The van der Waals surface area contributed by atoms with Crippen molar-refractivity contribution < 1.29 is 14.1 Å². The van der Waals surface area contributed by atoms with Gasteiger partial charge in [0.05, 0.1) is 5.71 Å². The van der Waals surface area contributed by atoms with Gasteiger partial charge in [0.15, 0.2) is 5.78 Å². The number of hydrogen-bond acceptors (Lipinski definition) is 7. The zero-order valence-electron chi connectivity index (χ0n) is 14.2. The molecule has 4 rings (SSSR count). The van der Waals surface area contributed by atoms with Gasteiger partial charge < -0.3 is 9.84 Å². The number of nitrogens with zero attached hydrogens (tertiary/aromatic N) is 4. The number of amides is 1. The molecule has 0 fully saturated rings. The lowest BCUT2D eigenvalue weighted by Crippen LogP contribution is -2.23. The molecule has 2 aromatic rings. The van der Waals surface area contributed by atoms with Crippen molar-refractivity contribution >= 4 is 23.2 Å². The van der Waals surface area contributed by atoms with Gasteiger partial charge >= 0.3 is 0 Å². The molecule has 1 amide bonds. The van der Waals surface area contributed by atoms with E-state index in [0.717, 1.165) is 12.1 Å². The number of ketones is 1. The average Bonchev–Trinajstić information content (AvgIpc) is 3.32. The van der Waals surface area contributed by atoms with Crippen molar-refractivity contribution in [3.8, 4) is 0 Å². The molecule has 2 aromatic heterocycles. The van der Waals surface area contributed by atoms with Crippen molar-refractivity contribution in [2.75, 3.05) is 5.32 Å². The molecule has 0 radical (unpaired) electrons. The molecular formula is C19H21N5O3. The van der Waals surface area contributed by atoms with Gasteiger partial charge in [-0.1, -0.05) is 25.6 Å². The molecule has 8 nitrogen and oxygen atoms in total. The number of rotatable bonds is 5. The predicted molar refractivity (Wildman–Crippen MR) is 99.9 cm³/mol. The minimum absolute atomic E-state index is 0. The Kier molecular flexibility index (Phi) is 5.25. The summed E-state index contributed by atoms with van der Waals surface area (Å²) in [5.74, 6) is 0.717. The van der Waals surface area contributed by atoms with Gasteiger partial charge in [0.25, 0.3) is 0 Å². The summed E-state index contributed by atoms with van der Waals surface area (Å²) >= 11 is 0. The van der Waals surface area contributed by atoms with Crippen molar-refractivity contribution in [3.05, 3.63) is 47.4 Å². The average molecular weight is 367 g/mol. The van der Waals surface area contributed by atoms with Crippen LogP contribution in [0.1, 0.15) is 67.0 Å². The zero-order chi connectivity index (χ0) is 18.1. The number of Topliss-reactive ketones (excluding diaryl/α,β-unsaturated/α-hetero) is 1. The van der Waals surface area contributed by atoms with E-state index in [1.54, 1.807) is 6.20 Å². The van der Waals surface area contributed by atoms with E-state index in [4.69, 9.17) is 4.52 Å². The first kappa shape index (κ1) is 18.6. The van der Waals surface area contributed by atoms with Crippen LogP contribution in [0.5, 0.6) is 0 Å². The Labute approximate surface area is 156 Å². The first-order valence-electron chi connectivity index (χ1n) is 8.47. The summed E-state index contributed by atoms with van der Waals surface area (Å²) in [6, 6.07) is 1.83. The Morgan fingerprint density at radius 2 is 2.19 bits per heavy atom. The standard InChI is InChI=1S/C18H17N5O3.CH4/c1-10(15-8-13(23-26-15)12-3-2-6-19-12)7-14(24)17-11-4-5-16(25)22-18(11)21-9-20-17;/h2,6,8-10H,3-5,7H2,1H3,(H,20,21,22,25);1H4/t10-;/m0./s1. The van der Waals surface area contributed by atoms with Crippen LogP contribution in [-0.4, -0.2) is 32.5 Å². The molecule has 2 aliphatic rings. The van der Waals surface area contributed by atoms with Crippen LogP contribution in [0.4, 0.5) is 5.82 Å². The Morgan fingerprint density at radius 3 is 2.96 bits per heavy atom. The van der Waals surface area contributed by atoms with Crippen LogP contribution in [0, 0.1) is 0 Å². The Bertz CT molecular complexity index is 945. The molecular weight excluding hydrogens is 346 g/mol. The Morgan fingerprint density at radius 1 is 1.33 bits per heavy atom. The van der Waals surface area contributed by atoms with Gasteiger partial charge in [0, 0.05) is 43.0 Å². The fourth-order valence-electron chi connectivity index (χ4n) is 3.09. The highest BCUT2D eigenvalue weighted by atomic mass is 16.5. The third-order valence-corrected chi connectivity index (χ3v) is 4.52. The Balaban J connectivity index is 0.00000210. The second kappa shape index (κ2) is 7.61. The number of nitrogens with one attached hydrogen (secondary N) is 1. The third kappa shape index (κ3) is 3.69. The fraction of sp³-hybridized carbons (Fsp3) is 0.368. The SMILES string of the molecule is C.C[C@@H](CC(=O)c1ncnc2c1CCC(=O)N2)c1cc(C2=NC=CC2)no1. The van der Waals surface area contributed by atoms with Crippen LogP contribution in [0.3, 0.4) is 0 Å². The second-order valence-electron chi connectivity index (χ2n) is 6.41. The highest BCUT2D eigenvalue weighted by Crippen LogP contribution is 2.27. The van der Waals surface area contributed by atoms with E-state index in [2.05, 4.69) is 25.4 Å². The van der Waals surface area contributed by atoms with E-state index >= 15 is 0 Å². The molecule has 1 N–H and O–H groups in total. The molecule has 0 saturated heterocycles. The van der Waals surface area contributed by atoms with Gasteiger partial charge in [-0.15, -0.1) is 0 Å². The number of allylic oxidation sites excluding steroid dienone is 1. The summed E-state index contributed by atoms with van der Waals surface area (Å²) in [5, 5.41) is 6.73. The molecule has 0 spiro atoms. The zero-order valence-corrected chi connectivity index (χ0v) is 14.2. The summed E-state index contributed by atoms with van der Waals surface area (Å²) in [6.45, 7) is 1.91. The summed E-state index contributed by atoms with van der Waals surface area (Å²) in [7, 11) is 0. The molecule has 4 heterocycles. The van der Waals surface area contributed by atoms with Gasteiger partial charge in [0.2, 0.25) is 5.91 Å². The normalized spacial score (nSPS) is 16.2. The maximum absolute atomic E-state index is 12.7. The topological polar surface area (TPSA) is 110 Å². The maximum Gasteiger partial charge on any atom is 0.225 e. The number of aliphatic imine (C=N–C) groups is 1. The number of aromatic nitrogens is 3. The van der Waals surface area contributed by atoms with Gasteiger partial charge in [-0.05, 0) is 6.42 Å². The maximum atomic E-state index is 12.7. The molecule has 8 heteroatoms. The lowest BCUT2D eigenvalue weighted by molar-refractivity contribution is -0.116. The summed E-state index contributed by atoms with van der Waals surface area (Å²) in [6.07, 6.45) is 6.77. The van der Waals surface area contributed by atoms with E-state index in [1.165, 1.54) is 6.33 Å². The number of anilines is 1. The highest BCUT2D eigenvalue weighted by Gasteiger charge is 2.25. The lowest BCUT2D eigenvalue weighted by Gasteiger charge is -2.17. The molecule has 1 atom stereocenters. The predicted octanol–water partition coefficient (Wildman–Crippen LogP) is 3.07. The minimum Gasteiger partial charge on any atom is -0.360 e. The van der Waals surface area contributed by atoms with Crippen LogP contribution < -0.4 is 5.32 Å². The first-order chi connectivity index (χ1) is 12.6. The number of hydrogen-bond donors (Lipinski definition) is 1. The van der Waals surface area contributed by atoms with E-state index in [0.29, 0.717) is 41.4 Å². The monoisotopic (exact) mass is 367 g/mol. The van der Waals surface area contributed by atoms with Crippen molar-refractivity contribution in [3.63, 3.8) is 0 Å². The fourth-order valence-corrected chi connectivity index (χ4v) is 3.09. The molecule has 0 aliphatic carbocycles. The molecule has 0 saturated carbocycles. The molecule has 2 aliphatic heterocycles. The van der Waals surface area contributed by atoms with Crippen LogP contribution in [0.15, 0.2) is 34.2 Å². The largest absolute Gasteiger partial charge is 0.360 e. The van der Waals surface area contributed by atoms with Crippen molar-refractivity contribution in [1.29, 1.82) is 0 Å². The van der Waals surface area contributed by atoms with Crippen molar-refractivity contribution in [1.82, 2.24) is 15.1 Å². The number of fused-ring (bicyclic) bond motifs is 1. The van der Waals surface area contributed by atoms with Gasteiger partial charge in [0.1, 0.15) is 29.3 Å². The minimum atomic E-state index is -0.150. The van der Waals surface area contributed by atoms with E-state index in [-0.39, 0.29) is 31.5 Å². The molecule has 0 aromatic carbocycles. The molecule has 27 heavy (non-hydrogen) atoms. The number of carbonyl (C=O) groups excluding carboxylic acids is 2. The summed E-state index contributed by atoms with van der Waals surface area (Å²) in [4.78, 5) is 36.7. The highest BCUT2D eigenvalue weighted by molar-refractivity contribution is 6.02. The smallest absolute Gasteiger partial charge is 0.225 e. The van der Waals surface area contributed by atoms with E-state index in [9.17, 15) is 9.59 Å². The van der Waals surface area contributed by atoms with E-state index in [1.807, 2.05) is 19.1 Å². The van der Waals surface area contributed by atoms with E-state index < -0.39 is 0 Å². The van der Waals surface area contributed by atoms with Crippen LogP contribution >= 0.6 is 0 Å². The van der Waals surface area contributed by atoms with Crippen molar-refractivity contribution in [2.45, 2.75) is 46.0 Å². The van der Waals surface area contributed by atoms with Crippen LogP contribution in [0.25, 0.3) is 0 Å². The van der Waals surface area contributed by atoms with Crippen LogP contribution in [0.2, 0.25) is 0 Å². The molecule has 0 unspecified atom stereocenters. The number of carbonyl (C=O) groups is 2. The summed E-state index contributed by atoms with van der Waals surface area (Å²) in [5.41, 5.74) is 2.63.